The zero-order valence-electron chi connectivity index (χ0n) is 19.7. The molecule has 0 bridgehead atoms. The van der Waals surface area contributed by atoms with Crippen LogP contribution in [0.2, 0.25) is 0 Å². The summed E-state index contributed by atoms with van der Waals surface area (Å²) >= 11 is 0. The molecule has 9 nitrogen and oxygen atoms in total. The molecule has 2 aliphatic rings. The van der Waals surface area contributed by atoms with Crippen molar-refractivity contribution in [1.29, 1.82) is 0 Å². The highest BCUT2D eigenvalue weighted by Crippen LogP contribution is 2.30. The molecular formula is C23H34N4O5S. The van der Waals surface area contributed by atoms with Crippen LogP contribution in [0.1, 0.15) is 44.2 Å². The molecule has 2 aromatic rings. The Labute approximate surface area is 194 Å². The van der Waals surface area contributed by atoms with E-state index in [-0.39, 0.29) is 23.6 Å². The maximum atomic E-state index is 13.4. The van der Waals surface area contributed by atoms with Crippen LogP contribution in [0.5, 0.6) is 0 Å². The number of carbonyl (C=O) groups is 1. The molecule has 3 heterocycles. The van der Waals surface area contributed by atoms with E-state index < -0.39 is 9.84 Å². The van der Waals surface area contributed by atoms with Gasteiger partial charge in [-0.05, 0) is 44.2 Å². The second-order valence-electron chi connectivity index (χ2n) is 9.21. The smallest absolute Gasteiger partial charge is 0.409 e. The van der Waals surface area contributed by atoms with Gasteiger partial charge in [0, 0.05) is 51.1 Å². The van der Waals surface area contributed by atoms with Gasteiger partial charge in [-0.25, -0.2) is 18.0 Å². The summed E-state index contributed by atoms with van der Waals surface area (Å²) in [4.78, 5) is 29.4. The van der Waals surface area contributed by atoms with Gasteiger partial charge < -0.3 is 14.5 Å². The summed E-state index contributed by atoms with van der Waals surface area (Å²) in [6, 6.07) is 6.13. The van der Waals surface area contributed by atoms with Crippen molar-refractivity contribution < 1.29 is 17.9 Å². The number of likely N-dealkylation sites (tertiary alicyclic amines) is 2. The number of aryl methyl sites for hydroxylation is 1. The third-order valence-electron chi connectivity index (χ3n) is 7.08. The minimum Gasteiger partial charge on any atom is -0.453 e. The van der Waals surface area contributed by atoms with Crippen molar-refractivity contribution in [2.75, 3.05) is 39.5 Å². The van der Waals surface area contributed by atoms with Gasteiger partial charge in [-0.1, -0.05) is 12.1 Å². The summed E-state index contributed by atoms with van der Waals surface area (Å²) in [5.74, 6) is -0.0729. The van der Waals surface area contributed by atoms with Gasteiger partial charge in [0.25, 0.3) is 0 Å². The zero-order chi connectivity index (χ0) is 23.8. The number of carbonyl (C=O) groups excluding carboxylic acids is 1. The molecule has 0 aliphatic carbocycles. The molecule has 2 saturated heterocycles. The molecule has 0 saturated carbocycles. The molecule has 1 amide bonds. The summed E-state index contributed by atoms with van der Waals surface area (Å²) in [7, 11) is -1.80. The lowest BCUT2D eigenvalue weighted by Gasteiger charge is -2.41. The van der Waals surface area contributed by atoms with Crippen LogP contribution >= 0.6 is 0 Å². The van der Waals surface area contributed by atoms with Crippen LogP contribution in [0.15, 0.2) is 23.0 Å². The summed E-state index contributed by atoms with van der Waals surface area (Å²) in [5.41, 5.74) is 2.20. The van der Waals surface area contributed by atoms with Crippen molar-refractivity contribution >= 4 is 27.0 Å². The summed E-state index contributed by atoms with van der Waals surface area (Å²) in [6.45, 7) is 5.66. The van der Waals surface area contributed by atoms with Gasteiger partial charge in [-0.15, -0.1) is 0 Å². The number of methoxy groups -OCH3 is 1. The van der Waals surface area contributed by atoms with E-state index in [0.717, 1.165) is 49.8 Å². The van der Waals surface area contributed by atoms with Crippen LogP contribution in [0.4, 0.5) is 4.79 Å². The minimum atomic E-state index is -3.22. The minimum absolute atomic E-state index is 0.0571. The van der Waals surface area contributed by atoms with Crippen molar-refractivity contribution in [2.45, 2.75) is 57.0 Å². The Bertz CT molecular complexity index is 1170. The van der Waals surface area contributed by atoms with E-state index in [2.05, 4.69) is 4.90 Å². The highest BCUT2D eigenvalue weighted by atomic mass is 32.2. The predicted molar refractivity (Wildman–Crippen MR) is 127 cm³/mol. The van der Waals surface area contributed by atoms with E-state index in [4.69, 9.17) is 4.74 Å². The summed E-state index contributed by atoms with van der Waals surface area (Å²) in [5, 5.41) is 0. The molecule has 1 aromatic heterocycles. The number of ether oxygens (including phenoxy) is 1. The number of hydrogen-bond acceptors (Lipinski definition) is 6. The van der Waals surface area contributed by atoms with Crippen LogP contribution in [-0.2, 0) is 26.9 Å². The van der Waals surface area contributed by atoms with Gasteiger partial charge in [0.05, 0.1) is 23.9 Å². The van der Waals surface area contributed by atoms with Gasteiger partial charge in [0.15, 0.2) is 9.84 Å². The number of sulfone groups is 1. The average Bonchev–Trinajstić information content (AvgIpc) is 3.09. The van der Waals surface area contributed by atoms with Crippen molar-refractivity contribution in [3.05, 3.63) is 34.2 Å². The number of benzene rings is 1. The molecule has 0 N–H and O–H groups in total. The molecule has 1 aromatic carbocycles. The Hall–Kier alpha value is -2.33. The fourth-order valence-corrected chi connectivity index (χ4v) is 6.31. The molecule has 0 atom stereocenters. The maximum absolute atomic E-state index is 13.4. The second-order valence-corrected chi connectivity index (χ2v) is 11.3. The average molecular weight is 479 g/mol. The monoisotopic (exact) mass is 478 g/mol. The molecule has 0 radical (unpaired) electrons. The normalized spacial score (nSPS) is 19.3. The Morgan fingerprint density at radius 3 is 2.27 bits per heavy atom. The number of nitrogens with zero attached hydrogens (tertiary/aromatic N) is 4. The van der Waals surface area contributed by atoms with E-state index in [1.165, 1.54) is 13.4 Å². The van der Waals surface area contributed by atoms with Gasteiger partial charge >= 0.3 is 11.8 Å². The van der Waals surface area contributed by atoms with E-state index >= 15 is 0 Å². The first-order valence-corrected chi connectivity index (χ1v) is 13.8. The number of para-hydroxylation sites is 1. The van der Waals surface area contributed by atoms with Crippen LogP contribution in [0, 0.1) is 0 Å². The number of aromatic nitrogens is 2. The lowest BCUT2D eigenvalue weighted by molar-refractivity contribution is 0.0685. The van der Waals surface area contributed by atoms with Gasteiger partial charge in [-0.3, -0.25) is 9.13 Å². The third-order valence-corrected chi connectivity index (χ3v) is 7.91. The Morgan fingerprint density at radius 2 is 1.70 bits per heavy atom. The summed E-state index contributed by atoms with van der Waals surface area (Å²) < 4.78 is 32.4. The van der Waals surface area contributed by atoms with Gasteiger partial charge in [0.1, 0.15) is 0 Å². The number of imidazole rings is 1. The largest absolute Gasteiger partial charge is 0.453 e. The van der Waals surface area contributed by atoms with E-state index in [1.54, 1.807) is 9.47 Å². The SMILES string of the molecule is CCn1c(=O)n(C2CCN(C3CCN(C(=O)OC)CC3)CC2)c2cccc(CS(C)(=O)=O)c21. The number of amides is 1. The standard InChI is InChI=1S/C23H34N4O5S/c1-4-26-21-17(16-33(3,30)31)6-5-7-20(21)27(22(26)28)19-10-12-24(13-11-19)18-8-14-25(15-9-18)23(29)32-2/h5-7,18-19H,4,8-16H2,1-3H3. The molecule has 0 spiro atoms. The van der Waals surface area contributed by atoms with Gasteiger partial charge in [0.2, 0.25) is 0 Å². The van der Waals surface area contributed by atoms with Crippen molar-refractivity contribution in [3.63, 3.8) is 0 Å². The molecule has 10 heteroatoms. The first-order valence-electron chi connectivity index (χ1n) is 11.7. The molecule has 182 valence electrons. The molecule has 0 unspecified atom stereocenters. The molecule has 2 aliphatic heterocycles. The number of piperidine rings is 2. The van der Waals surface area contributed by atoms with Crippen LogP contribution in [0.3, 0.4) is 0 Å². The third kappa shape index (κ3) is 4.82. The summed E-state index contributed by atoms with van der Waals surface area (Å²) in [6.07, 6.45) is 4.58. The Morgan fingerprint density at radius 1 is 1.06 bits per heavy atom. The zero-order valence-corrected chi connectivity index (χ0v) is 20.5. The lowest BCUT2D eigenvalue weighted by atomic mass is 9.97. The number of hydrogen-bond donors (Lipinski definition) is 0. The maximum Gasteiger partial charge on any atom is 0.409 e. The Kier molecular flexibility index (Phi) is 6.86. The predicted octanol–water partition coefficient (Wildman–Crippen LogP) is 2.24. The van der Waals surface area contributed by atoms with Crippen LogP contribution in [-0.4, -0.2) is 79.0 Å². The quantitative estimate of drug-likeness (QED) is 0.654. The lowest BCUT2D eigenvalue weighted by Crippen LogP contribution is -2.49. The molecular weight excluding hydrogens is 444 g/mol. The molecule has 4 rings (SSSR count). The van der Waals surface area contributed by atoms with Crippen molar-refractivity contribution in [3.8, 4) is 0 Å². The van der Waals surface area contributed by atoms with Crippen molar-refractivity contribution in [1.82, 2.24) is 18.9 Å². The van der Waals surface area contributed by atoms with Gasteiger partial charge in [-0.2, -0.15) is 0 Å². The topological polar surface area (TPSA) is 93.8 Å². The van der Waals surface area contributed by atoms with E-state index in [1.807, 2.05) is 29.7 Å². The van der Waals surface area contributed by atoms with E-state index in [9.17, 15) is 18.0 Å². The van der Waals surface area contributed by atoms with Crippen molar-refractivity contribution in [2.24, 2.45) is 0 Å². The fraction of sp³-hybridized carbons (Fsp3) is 0.652. The van der Waals surface area contributed by atoms with Crippen LogP contribution < -0.4 is 5.69 Å². The molecule has 33 heavy (non-hydrogen) atoms. The number of fused-ring (bicyclic) bond motifs is 1. The van der Waals surface area contributed by atoms with Crippen LogP contribution in [0.25, 0.3) is 11.0 Å². The number of rotatable bonds is 5. The van der Waals surface area contributed by atoms with E-state index in [0.29, 0.717) is 31.2 Å². The Balaban J connectivity index is 1.52. The second kappa shape index (κ2) is 9.50. The molecule has 2 fully saturated rings. The highest BCUT2D eigenvalue weighted by Gasteiger charge is 2.32. The first kappa shape index (κ1) is 23.8. The fourth-order valence-electron chi connectivity index (χ4n) is 5.51. The highest BCUT2D eigenvalue weighted by molar-refractivity contribution is 7.89. The first-order chi connectivity index (χ1) is 15.7.